The second kappa shape index (κ2) is 5.31. The summed E-state index contributed by atoms with van der Waals surface area (Å²) in [5.41, 5.74) is 1.14. The van der Waals surface area contributed by atoms with Gasteiger partial charge in [0.1, 0.15) is 5.65 Å². The first-order valence-corrected chi connectivity index (χ1v) is 7.43. The molecule has 0 spiro atoms. The molecule has 21 heavy (non-hydrogen) atoms. The molecule has 1 aliphatic rings. The zero-order valence-electron chi connectivity index (χ0n) is 11.9. The Morgan fingerprint density at radius 3 is 3.05 bits per heavy atom. The fraction of sp³-hybridized carbons (Fsp3) is 0.467. The minimum absolute atomic E-state index is 0.566. The van der Waals surface area contributed by atoms with Crippen LogP contribution in [0.4, 0.5) is 0 Å². The van der Waals surface area contributed by atoms with E-state index in [1.165, 1.54) is 0 Å². The molecule has 3 rings (SSSR count). The fourth-order valence-electron chi connectivity index (χ4n) is 2.98. The number of hydrogen-bond acceptors (Lipinski definition) is 3. The number of carboxylic acids is 1. The molecule has 0 radical (unpaired) electrons. The Labute approximate surface area is 128 Å². The van der Waals surface area contributed by atoms with Crippen LogP contribution in [0.15, 0.2) is 24.5 Å². The molecule has 0 aliphatic carbocycles. The van der Waals surface area contributed by atoms with E-state index in [0.717, 1.165) is 30.7 Å². The van der Waals surface area contributed by atoms with Gasteiger partial charge in [-0.05, 0) is 38.4 Å². The summed E-state index contributed by atoms with van der Waals surface area (Å²) in [4.78, 5) is 18.1. The molecule has 1 atom stereocenters. The zero-order chi connectivity index (χ0) is 15.0. The summed E-state index contributed by atoms with van der Waals surface area (Å²) < 4.78 is 1.90. The number of likely N-dealkylation sites (tertiary alicyclic amines) is 1. The molecule has 2 aromatic rings. The Morgan fingerprint density at radius 1 is 1.48 bits per heavy atom. The van der Waals surface area contributed by atoms with Crippen molar-refractivity contribution in [2.45, 2.75) is 26.3 Å². The van der Waals surface area contributed by atoms with E-state index in [1.807, 2.05) is 35.9 Å². The Kier molecular flexibility index (Phi) is 3.63. The van der Waals surface area contributed by atoms with Crippen molar-refractivity contribution >= 4 is 23.2 Å². The SMILES string of the molecule is CC1(C(=O)O)CCCN(Cc2cn3cc(Cl)ccc3n2)C1. The van der Waals surface area contributed by atoms with Gasteiger partial charge in [0, 0.05) is 25.5 Å². The van der Waals surface area contributed by atoms with Crippen LogP contribution in [0, 0.1) is 5.41 Å². The molecule has 1 unspecified atom stereocenters. The number of piperidine rings is 1. The summed E-state index contributed by atoms with van der Waals surface area (Å²) in [7, 11) is 0. The van der Waals surface area contributed by atoms with Gasteiger partial charge in [-0.15, -0.1) is 0 Å². The normalized spacial score (nSPS) is 23.5. The largest absolute Gasteiger partial charge is 0.481 e. The highest BCUT2D eigenvalue weighted by molar-refractivity contribution is 6.30. The Bertz CT molecular complexity index is 685. The smallest absolute Gasteiger partial charge is 0.310 e. The zero-order valence-corrected chi connectivity index (χ0v) is 12.7. The Balaban J connectivity index is 1.77. The third kappa shape index (κ3) is 2.89. The molecule has 1 N–H and O–H groups in total. The predicted octanol–water partition coefficient (Wildman–Crippen LogP) is 2.67. The maximum absolute atomic E-state index is 11.4. The summed E-state index contributed by atoms with van der Waals surface area (Å²) in [6, 6.07) is 3.69. The van der Waals surface area contributed by atoms with E-state index in [-0.39, 0.29) is 0 Å². The van der Waals surface area contributed by atoms with Gasteiger partial charge in [-0.2, -0.15) is 0 Å². The lowest BCUT2D eigenvalue weighted by Crippen LogP contribution is -2.45. The van der Waals surface area contributed by atoms with Crippen molar-refractivity contribution in [2.24, 2.45) is 5.41 Å². The van der Waals surface area contributed by atoms with E-state index >= 15 is 0 Å². The summed E-state index contributed by atoms with van der Waals surface area (Å²) in [6.45, 7) is 3.97. The van der Waals surface area contributed by atoms with Crippen LogP contribution in [-0.2, 0) is 11.3 Å². The highest BCUT2D eigenvalue weighted by Crippen LogP contribution is 2.30. The molecule has 3 heterocycles. The van der Waals surface area contributed by atoms with Gasteiger partial charge in [0.05, 0.1) is 16.1 Å². The van der Waals surface area contributed by atoms with Gasteiger partial charge in [0.2, 0.25) is 0 Å². The number of pyridine rings is 1. The minimum Gasteiger partial charge on any atom is -0.481 e. The van der Waals surface area contributed by atoms with Crippen molar-refractivity contribution in [3.05, 3.63) is 35.2 Å². The Hall–Kier alpha value is -1.59. The second-order valence-corrected chi connectivity index (χ2v) is 6.46. The maximum atomic E-state index is 11.4. The van der Waals surface area contributed by atoms with E-state index in [1.54, 1.807) is 0 Å². The number of hydrogen-bond donors (Lipinski definition) is 1. The van der Waals surface area contributed by atoms with E-state index in [9.17, 15) is 9.90 Å². The van der Waals surface area contributed by atoms with Crippen molar-refractivity contribution in [1.29, 1.82) is 0 Å². The summed E-state index contributed by atoms with van der Waals surface area (Å²) >= 11 is 5.97. The summed E-state index contributed by atoms with van der Waals surface area (Å²) in [6.07, 6.45) is 5.42. The molecule has 112 valence electrons. The minimum atomic E-state index is -0.714. The molecule has 5 nitrogen and oxygen atoms in total. The monoisotopic (exact) mass is 307 g/mol. The Morgan fingerprint density at radius 2 is 2.29 bits per heavy atom. The molecular formula is C15H18ClN3O2. The molecular weight excluding hydrogens is 290 g/mol. The van der Waals surface area contributed by atoms with Crippen molar-refractivity contribution in [3.63, 3.8) is 0 Å². The van der Waals surface area contributed by atoms with Crippen LogP contribution in [0.2, 0.25) is 5.02 Å². The number of rotatable bonds is 3. The predicted molar refractivity (Wildman–Crippen MR) is 80.5 cm³/mol. The lowest BCUT2D eigenvalue weighted by molar-refractivity contribution is -0.151. The van der Waals surface area contributed by atoms with E-state index < -0.39 is 11.4 Å². The lowest BCUT2D eigenvalue weighted by Gasteiger charge is -2.37. The van der Waals surface area contributed by atoms with Crippen molar-refractivity contribution in [3.8, 4) is 0 Å². The van der Waals surface area contributed by atoms with Crippen LogP contribution >= 0.6 is 11.6 Å². The van der Waals surface area contributed by atoms with Gasteiger partial charge in [0.15, 0.2) is 0 Å². The summed E-state index contributed by atoms with van der Waals surface area (Å²) in [5.74, 6) is -0.714. The highest BCUT2D eigenvalue weighted by Gasteiger charge is 2.37. The number of halogens is 1. The number of imidazole rings is 1. The van der Waals surface area contributed by atoms with Crippen molar-refractivity contribution in [1.82, 2.24) is 14.3 Å². The van der Waals surface area contributed by atoms with E-state index in [0.29, 0.717) is 18.1 Å². The molecule has 0 aromatic carbocycles. The van der Waals surface area contributed by atoms with Crippen molar-refractivity contribution in [2.75, 3.05) is 13.1 Å². The first kappa shape index (κ1) is 14.4. The van der Waals surface area contributed by atoms with Crippen LogP contribution in [0.5, 0.6) is 0 Å². The summed E-state index contributed by atoms with van der Waals surface area (Å²) in [5, 5.41) is 10.0. The van der Waals surface area contributed by atoms with Gasteiger partial charge >= 0.3 is 5.97 Å². The number of aromatic nitrogens is 2. The lowest BCUT2D eigenvalue weighted by atomic mass is 9.82. The first-order valence-electron chi connectivity index (χ1n) is 7.05. The number of carbonyl (C=O) groups is 1. The van der Waals surface area contributed by atoms with Gasteiger partial charge in [-0.1, -0.05) is 11.6 Å². The molecule has 1 fully saturated rings. The van der Waals surface area contributed by atoms with Crippen LogP contribution < -0.4 is 0 Å². The highest BCUT2D eigenvalue weighted by atomic mass is 35.5. The van der Waals surface area contributed by atoms with E-state index in [2.05, 4.69) is 9.88 Å². The topological polar surface area (TPSA) is 57.8 Å². The average Bonchev–Trinajstić information content (AvgIpc) is 2.80. The van der Waals surface area contributed by atoms with Crippen LogP contribution in [-0.4, -0.2) is 38.4 Å². The molecule has 2 aromatic heterocycles. The second-order valence-electron chi connectivity index (χ2n) is 6.03. The molecule has 6 heteroatoms. The van der Waals surface area contributed by atoms with Gasteiger partial charge in [-0.25, -0.2) is 4.98 Å². The molecule has 0 amide bonds. The van der Waals surface area contributed by atoms with Crippen molar-refractivity contribution < 1.29 is 9.90 Å². The molecule has 1 aliphatic heterocycles. The van der Waals surface area contributed by atoms with Gasteiger partial charge < -0.3 is 9.51 Å². The standard InChI is InChI=1S/C15H18ClN3O2/c1-15(14(20)21)5-2-6-18(10-15)8-12-9-19-7-11(16)3-4-13(19)17-12/h3-4,7,9H,2,5-6,8,10H2,1H3,(H,20,21). The van der Waals surface area contributed by atoms with Crippen LogP contribution in [0.25, 0.3) is 5.65 Å². The molecule has 1 saturated heterocycles. The molecule has 0 saturated carbocycles. The maximum Gasteiger partial charge on any atom is 0.310 e. The number of aliphatic carboxylic acids is 1. The van der Waals surface area contributed by atoms with Crippen LogP contribution in [0.3, 0.4) is 0 Å². The van der Waals surface area contributed by atoms with Crippen LogP contribution in [0.1, 0.15) is 25.5 Å². The number of nitrogens with zero attached hydrogens (tertiary/aromatic N) is 3. The molecule has 0 bridgehead atoms. The average molecular weight is 308 g/mol. The first-order chi connectivity index (χ1) is 9.96. The van der Waals surface area contributed by atoms with E-state index in [4.69, 9.17) is 11.6 Å². The van der Waals surface area contributed by atoms with Gasteiger partial charge in [-0.3, -0.25) is 9.69 Å². The quantitative estimate of drug-likeness (QED) is 0.947. The third-order valence-corrected chi connectivity index (χ3v) is 4.37. The number of carboxylic acid groups (broad SMARTS) is 1. The third-order valence-electron chi connectivity index (χ3n) is 4.14. The van der Waals surface area contributed by atoms with Gasteiger partial charge in [0.25, 0.3) is 0 Å². The number of fused-ring (bicyclic) bond motifs is 1. The fourth-order valence-corrected chi connectivity index (χ4v) is 3.14.